The van der Waals surface area contributed by atoms with Crippen LogP contribution in [0.15, 0.2) is 40.8 Å². The zero-order valence-corrected chi connectivity index (χ0v) is 10.8. The van der Waals surface area contributed by atoms with Crippen LogP contribution in [0.2, 0.25) is 0 Å². The number of halogens is 3. The molecule has 1 heterocycles. The smallest absolute Gasteiger partial charge is 0.417 e. The van der Waals surface area contributed by atoms with Gasteiger partial charge in [-0.1, -0.05) is 32.0 Å². The Bertz CT molecular complexity index is 553. The van der Waals surface area contributed by atoms with Crippen LogP contribution in [0.1, 0.15) is 25.2 Å². The van der Waals surface area contributed by atoms with E-state index in [0.29, 0.717) is 18.1 Å². The van der Waals surface area contributed by atoms with Gasteiger partial charge in [0, 0.05) is 12.0 Å². The summed E-state index contributed by atoms with van der Waals surface area (Å²) in [7, 11) is 0. The summed E-state index contributed by atoms with van der Waals surface area (Å²) in [6, 6.07) is 8.80. The van der Waals surface area contributed by atoms with E-state index in [1.54, 1.807) is 18.2 Å². The third-order valence-corrected chi connectivity index (χ3v) is 2.77. The number of hydrogen-bond donors (Lipinski definition) is 0. The van der Waals surface area contributed by atoms with Gasteiger partial charge >= 0.3 is 6.18 Å². The van der Waals surface area contributed by atoms with Crippen molar-refractivity contribution < 1.29 is 17.6 Å². The van der Waals surface area contributed by atoms with E-state index >= 15 is 0 Å². The number of hydrogen-bond acceptors (Lipinski definition) is 1. The van der Waals surface area contributed by atoms with Gasteiger partial charge in [-0.05, 0) is 24.1 Å². The summed E-state index contributed by atoms with van der Waals surface area (Å²) in [5.74, 6) is 1.38. The lowest BCUT2D eigenvalue weighted by molar-refractivity contribution is -0.137. The Morgan fingerprint density at radius 3 is 2.37 bits per heavy atom. The van der Waals surface area contributed by atoms with E-state index in [0.717, 1.165) is 6.07 Å². The molecule has 102 valence electrons. The van der Waals surface area contributed by atoms with Crippen molar-refractivity contribution in [1.29, 1.82) is 0 Å². The van der Waals surface area contributed by atoms with E-state index in [2.05, 4.69) is 0 Å². The van der Waals surface area contributed by atoms with Gasteiger partial charge in [-0.25, -0.2) is 0 Å². The molecular formula is C15H15F3O. The van der Waals surface area contributed by atoms with E-state index < -0.39 is 11.7 Å². The highest BCUT2D eigenvalue weighted by Gasteiger charge is 2.34. The van der Waals surface area contributed by atoms with Crippen molar-refractivity contribution in [3.63, 3.8) is 0 Å². The minimum Gasteiger partial charge on any atom is -0.461 e. The predicted octanol–water partition coefficient (Wildman–Crippen LogP) is 5.16. The van der Waals surface area contributed by atoms with E-state index in [9.17, 15) is 13.2 Å². The molecule has 0 aliphatic rings. The molecule has 0 amide bonds. The molecule has 0 saturated heterocycles. The highest BCUT2D eigenvalue weighted by atomic mass is 19.4. The summed E-state index contributed by atoms with van der Waals surface area (Å²) in [4.78, 5) is 0. The summed E-state index contributed by atoms with van der Waals surface area (Å²) in [6.07, 6.45) is -3.66. The summed E-state index contributed by atoms with van der Waals surface area (Å²) in [6.45, 7) is 4.07. The first-order valence-corrected chi connectivity index (χ1v) is 6.13. The van der Waals surface area contributed by atoms with Gasteiger partial charge < -0.3 is 4.42 Å². The largest absolute Gasteiger partial charge is 0.461 e. The molecule has 0 bridgehead atoms. The first-order chi connectivity index (χ1) is 8.88. The quantitative estimate of drug-likeness (QED) is 0.749. The average Bonchev–Trinajstić information content (AvgIpc) is 2.75. The molecule has 0 saturated carbocycles. The van der Waals surface area contributed by atoms with Crippen molar-refractivity contribution >= 4 is 0 Å². The second kappa shape index (κ2) is 5.11. The van der Waals surface area contributed by atoms with Crippen molar-refractivity contribution in [3.8, 4) is 11.3 Å². The van der Waals surface area contributed by atoms with E-state index in [1.165, 1.54) is 12.1 Å². The van der Waals surface area contributed by atoms with Gasteiger partial charge in [0.1, 0.15) is 11.5 Å². The molecule has 0 fully saturated rings. The molecule has 0 atom stereocenters. The van der Waals surface area contributed by atoms with Gasteiger partial charge in [0.15, 0.2) is 0 Å². The van der Waals surface area contributed by atoms with E-state index in [4.69, 9.17) is 4.42 Å². The monoisotopic (exact) mass is 268 g/mol. The van der Waals surface area contributed by atoms with E-state index in [-0.39, 0.29) is 11.3 Å². The minimum absolute atomic E-state index is 0.0880. The fourth-order valence-corrected chi connectivity index (χ4v) is 1.98. The van der Waals surface area contributed by atoms with Gasteiger partial charge in [0.2, 0.25) is 0 Å². The maximum atomic E-state index is 12.9. The highest BCUT2D eigenvalue weighted by Crippen LogP contribution is 2.37. The zero-order chi connectivity index (χ0) is 14.0. The van der Waals surface area contributed by atoms with Gasteiger partial charge in [0.25, 0.3) is 0 Å². The predicted molar refractivity (Wildman–Crippen MR) is 67.7 cm³/mol. The Morgan fingerprint density at radius 2 is 1.74 bits per heavy atom. The molecule has 1 aromatic carbocycles. The summed E-state index contributed by atoms with van der Waals surface area (Å²) in [5, 5.41) is 0. The molecule has 1 aromatic heterocycles. The zero-order valence-electron chi connectivity index (χ0n) is 10.8. The second-order valence-corrected chi connectivity index (χ2v) is 4.91. The molecule has 1 nitrogen and oxygen atoms in total. The van der Waals surface area contributed by atoms with E-state index in [1.807, 2.05) is 13.8 Å². The van der Waals surface area contributed by atoms with Crippen LogP contribution in [0.3, 0.4) is 0 Å². The molecule has 2 aromatic rings. The summed E-state index contributed by atoms with van der Waals surface area (Å²) in [5.41, 5.74) is -0.578. The lowest BCUT2D eigenvalue weighted by Crippen LogP contribution is -2.06. The maximum absolute atomic E-state index is 12.9. The lowest BCUT2D eigenvalue weighted by atomic mass is 10.1. The van der Waals surface area contributed by atoms with Crippen LogP contribution < -0.4 is 0 Å². The summed E-state index contributed by atoms with van der Waals surface area (Å²) < 4.78 is 44.2. The van der Waals surface area contributed by atoms with Crippen LogP contribution in [0.5, 0.6) is 0 Å². The molecule has 4 heteroatoms. The topological polar surface area (TPSA) is 13.1 Å². The van der Waals surface area contributed by atoms with Gasteiger partial charge in [-0.2, -0.15) is 13.2 Å². The third kappa shape index (κ3) is 3.19. The van der Waals surface area contributed by atoms with Gasteiger partial charge in [-0.3, -0.25) is 0 Å². The van der Waals surface area contributed by atoms with Gasteiger partial charge in [-0.15, -0.1) is 0 Å². The maximum Gasteiger partial charge on any atom is 0.417 e. The number of furan rings is 1. The van der Waals surface area contributed by atoms with Crippen molar-refractivity contribution in [1.82, 2.24) is 0 Å². The number of rotatable bonds is 3. The highest BCUT2D eigenvalue weighted by molar-refractivity contribution is 5.63. The van der Waals surface area contributed by atoms with Crippen LogP contribution in [0.25, 0.3) is 11.3 Å². The Labute approximate surface area is 110 Å². The molecule has 0 aliphatic carbocycles. The normalized spacial score (nSPS) is 12.1. The SMILES string of the molecule is CC(C)Cc1ccc(-c2ccccc2C(F)(F)F)o1. The minimum atomic E-state index is -4.37. The molecule has 0 spiro atoms. The molecule has 19 heavy (non-hydrogen) atoms. The number of benzene rings is 1. The molecular weight excluding hydrogens is 253 g/mol. The number of alkyl halides is 3. The average molecular weight is 268 g/mol. The Morgan fingerprint density at radius 1 is 1.05 bits per heavy atom. The summed E-state index contributed by atoms with van der Waals surface area (Å²) >= 11 is 0. The molecule has 0 radical (unpaired) electrons. The van der Waals surface area contributed by atoms with Crippen molar-refractivity contribution in [3.05, 3.63) is 47.7 Å². The second-order valence-electron chi connectivity index (χ2n) is 4.91. The van der Waals surface area contributed by atoms with Crippen molar-refractivity contribution in [2.75, 3.05) is 0 Å². The van der Waals surface area contributed by atoms with Crippen LogP contribution in [-0.4, -0.2) is 0 Å². The van der Waals surface area contributed by atoms with Crippen LogP contribution >= 0.6 is 0 Å². The fourth-order valence-electron chi connectivity index (χ4n) is 1.98. The Hall–Kier alpha value is -1.71. The molecule has 0 aliphatic heterocycles. The van der Waals surface area contributed by atoms with Crippen molar-refractivity contribution in [2.45, 2.75) is 26.4 Å². The van der Waals surface area contributed by atoms with Crippen LogP contribution in [0.4, 0.5) is 13.2 Å². The Kier molecular flexibility index (Phi) is 3.69. The van der Waals surface area contributed by atoms with Gasteiger partial charge in [0.05, 0.1) is 5.56 Å². The van der Waals surface area contributed by atoms with Crippen LogP contribution in [-0.2, 0) is 12.6 Å². The molecule has 0 N–H and O–H groups in total. The van der Waals surface area contributed by atoms with Crippen molar-refractivity contribution in [2.24, 2.45) is 5.92 Å². The first-order valence-electron chi connectivity index (χ1n) is 6.13. The Balaban J connectivity index is 2.39. The molecule has 2 rings (SSSR count). The first kappa shape index (κ1) is 13.7. The standard InChI is InChI=1S/C15H15F3O/c1-10(2)9-11-7-8-14(19-11)12-5-3-4-6-13(12)15(16,17)18/h3-8,10H,9H2,1-2H3. The lowest BCUT2D eigenvalue weighted by Gasteiger charge is -2.10. The van der Waals surface area contributed by atoms with Crippen LogP contribution in [0, 0.1) is 5.92 Å². The third-order valence-electron chi connectivity index (χ3n) is 2.77. The molecule has 0 unspecified atom stereocenters. The fraction of sp³-hybridized carbons (Fsp3) is 0.333.